The number of carboxylic acid groups (broad SMARTS) is 1. The van der Waals surface area contributed by atoms with Gasteiger partial charge in [0.15, 0.2) is 16.5 Å². The molecular formula is C23H25F2N3O5S2. The van der Waals surface area contributed by atoms with E-state index in [2.05, 4.69) is 26.7 Å². The molecule has 1 fully saturated rings. The molecular weight excluding hydrogens is 500 g/mol. The summed E-state index contributed by atoms with van der Waals surface area (Å²) in [5.74, 6) is -2.33. The summed E-state index contributed by atoms with van der Waals surface area (Å²) in [5.41, 5.74) is 2.60. The second-order valence-electron chi connectivity index (χ2n) is 7.79. The van der Waals surface area contributed by atoms with E-state index in [-0.39, 0.29) is 29.7 Å². The zero-order chi connectivity index (χ0) is 25.4. The third-order valence-electron chi connectivity index (χ3n) is 5.39. The molecule has 0 aliphatic carbocycles. The van der Waals surface area contributed by atoms with E-state index in [1.807, 2.05) is 18.2 Å². The van der Waals surface area contributed by atoms with Gasteiger partial charge in [-0.1, -0.05) is 30.3 Å². The van der Waals surface area contributed by atoms with Crippen molar-refractivity contribution in [2.24, 2.45) is 0 Å². The Kier molecular flexibility index (Phi) is 9.13. The van der Waals surface area contributed by atoms with Crippen molar-refractivity contribution in [2.45, 2.75) is 37.3 Å². The highest BCUT2D eigenvalue weighted by molar-refractivity contribution is 7.92. The summed E-state index contributed by atoms with van der Waals surface area (Å²) in [6.45, 7) is 3.58. The first kappa shape index (κ1) is 26.5. The summed E-state index contributed by atoms with van der Waals surface area (Å²) in [5, 5.41) is 8.32. The fraction of sp³-hybridized carbons (Fsp3) is 0.304. The summed E-state index contributed by atoms with van der Waals surface area (Å²) in [6, 6.07) is 11.1. The number of hydrogen-bond acceptors (Lipinski definition) is 7. The molecule has 4 rings (SSSR count). The van der Waals surface area contributed by atoms with Crippen LogP contribution in [0.4, 0.5) is 14.6 Å². The van der Waals surface area contributed by atoms with Crippen molar-refractivity contribution in [3.05, 3.63) is 70.1 Å². The fourth-order valence-corrected chi connectivity index (χ4v) is 5.45. The number of nitrogens with zero attached hydrogens (tertiary/aromatic N) is 2. The van der Waals surface area contributed by atoms with E-state index >= 15 is 0 Å². The third-order valence-corrected chi connectivity index (χ3v) is 7.37. The number of likely N-dealkylation sites (tertiary alicyclic amines) is 1. The summed E-state index contributed by atoms with van der Waals surface area (Å²) in [6.07, 6.45) is 1.22. The molecule has 2 aromatic carbocycles. The van der Waals surface area contributed by atoms with Crippen LogP contribution in [0.25, 0.3) is 0 Å². The van der Waals surface area contributed by atoms with E-state index in [9.17, 15) is 17.2 Å². The summed E-state index contributed by atoms with van der Waals surface area (Å²) in [7, 11) is -4.47. The highest BCUT2D eigenvalue weighted by atomic mass is 32.2. The Hall–Kier alpha value is -3.09. The quantitative estimate of drug-likeness (QED) is 0.444. The molecule has 35 heavy (non-hydrogen) atoms. The van der Waals surface area contributed by atoms with E-state index in [0.29, 0.717) is 12.8 Å². The number of sulfonamides is 1. The van der Waals surface area contributed by atoms with Gasteiger partial charge in [-0.2, -0.15) is 0 Å². The lowest BCUT2D eigenvalue weighted by Crippen LogP contribution is -2.38. The number of benzene rings is 2. The highest BCUT2D eigenvalue weighted by Crippen LogP contribution is 2.32. The lowest BCUT2D eigenvalue weighted by molar-refractivity contribution is -0.122. The van der Waals surface area contributed by atoms with Gasteiger partial charge in [-0.25, -0.2) is 22.2 Å². The number of carbonyl (C=O) groups is 1. The predicted molar refractivity (Wildman–Crippen MR) is 128 cm³/mol. The minimum atomic E-state index is -4.47. The molecule has 0 spiro atoms. The van der Waals surface area contributed by atoms with Crippen LogP contribution >= 0.6 is 11.3 Å². The molecule has 188 valence electrons. The minimum absolute atomic E-state index is 0.00837. The van der Waals surface area contributed by atoms with Crippen molar-refractivity contribution in [1.82, 2.24) is 9.88 Å². The molecule has 12 heteroatoms. The van der Waals surface area contributed by atoms with Gasteiger partial charge >= 0.3 is 0 Å². The monoisotopic (exact) mass is 525 g/mol. The molecule has 1 aliphatic rings. The maximum Gasteiger partial charge on any atom is 0.290 e. The molecule has 2 heterocycles. The van der Waals surface area contributed by atoms with Crippen molar-refractivity contribution < 1.29 is 31.8 Å². The molecule has 1 aromatic heterocycles. The average molecular weight is 526 g/mol. The van der Waals surface area contributed by atoms with Crippen LogP contribution in [0.3, 0.4) is 0 Å². The average Bonchev–Trinajstić information content (AvgIpc) is 3.32. The lowest BCUT2D eigenvalue weighted by atomic mass is 10.1. The van der Waals surface area contributed by atoms with Crippen LogP contribution in [0.1, 0.15) is 24.0 Å². The van der Waals surface area contributed by atoms with E-state index < -0.39 is 26.6 Å². The Labute approximate surface area is 206 Å². The largest absolute Gasteiger partial charge is 0.490 e. The van der Waals surface area contributed by atoms with Gasteiger partial charge in [0.25, 0.3) is 16.5 Å². The Morgan fingerprint density at radius 2 is 1.91 bits per heavy atom. The second kappa shape index (κ2) is 12.0. The smallest absolute Gasteiger partial charge is 0.290 e. The van der Waals surface area contributed by atoms with Crippen molar-refractivity contribution in [1.29, 1.82) is 0 Å². The van der Waals surface area contributed by atoms with Gasteiger partial charge in [0, 0.05) is 36.6 Å². The molecule has 1 saturated heterocycles. The number of ether oxygens (including phenoxy) is 1. The van der Waals surface area contributed by atoms with Gasteiger partial charge < -0.3 is 9.84 Å². The lowest BCUT2D eigenvalue weighted by Gasteiger charge is -2.32. The third kappa shape index (κ3) is 6.96. The zero-order valence-electron chi connectivity index (χ0n) is 18.9. The van der Waals surface area contributed by atoms with Gasteiger partial charge in [0.05, 0.1) is 5.51 Å². The number of nitrogens with one attached hydrogen (secondary N) is 1. The van der Waals surface area contributed by atoms with Crippen LogP contribution in [0, 0.1) is 18.6 Å². The number of piperidine rings is 1. The van der Waals surface area contributed by atoms with E-state index in [1.165, 1.54) is 23.4 Å². The molecule has 0 unspecified atom stereocenters. The van der Waals surface area contributed by atoms with Crippen LogP contribution < -0.4 is 9.46 Å². The van der Waals surface area contributed by atoms with Gasteiger partial charge in [-0.05, 0) is 25.3 Å². The molecule has 0 atom stereocenters. The summed E-state index contributed by atoms with van der Waals surface area (Å²) in [4.78, 5) is 13.4. The van der Waals surface area contributed by atoms with Crippen LogP contribution in [0.15, 0.2) is 52.2 Å². The number of thiazole rings is 1. The van der Waals surface area contributed by atoms with Crippen molar-refractivity contribution in [3.63, 3.8) is 0 Å². The molecule has 0 amide bonds. The Bertz CT molecular complexity index is 1220. The second-order valence-corrected chi connectivity index (χ2v) is 10.1. The van der Waals surface area contributed by atoms with Crippen molar-refractivity contribution >= 4 is 33.7 Å². The van der Waals surface area contributed by atoms with Crippen LogP contribution in [0.5, 0.6) is 5.75 Å². The summed E-state index contributed by atoms with van der Waals surface area (Å²) >= 11 is 1.16. The Morgan fingerprint density at radius 1 is 1.26 bits per heavy atom. The maximum absolute atomic E-state index is 14.9. The first-order chi connectivity index (χ1) is 16.7. The van der Waals surface area contributed by atoms with E-state index in [0.717, 1.165) is 37.0 Å². The van der Waals surface area contributed by atoms with Gasteiger partial charge in [-0.15, -0.1) is 11.3 Å². The first-order valence-electron chi connectivity index (χ1n) is 10.7. The van der Waals surface area contributed by atoms with E-state index in [1.54, 1.807) is 0 Å². The molecule has 0 saturated carbocycles. The normalized spacial score (nSPS) is 14.6. The number of aromatic nitrogens is 1. The minimum Gasteiger partial charge on any atom is -0.490 e. The summed E-state index contributed by atoms with van der Waals surface area (Å²) < 4.78 is 62.6. The number of anilines is 1. The molecule has 2 N–H and O–H groups in total. The molecule has 8 nitrogen and oxygen atoms in total. The SMILES string of the molecule is Cc1c(OC2CCN(Cc3ccccc3)CC2)cc(F)c(S(=O)(=O)Nc2cscn2)c1F.O=CO. The van der Waals surface area contributed by atoms with E-state index in [4.69, 9.17) is 14.6 Å². The van der Waals surface area contributed by atoms with Crippen LogP contribution in [-0.4, -0.2) is 49.1 Å². The zero-order valence-corrected chi connectivity index (χ0v) is 20.5. The highest BCUT2D eigenvalue weighted by Gasteiger charge is 2.29. The fourth-order valence-electron chi connectivity index (χ4n) is 3.70. The maximum atomic E-state index is 14.9. The van der Waals surface area contributed by atoms with Gasteiger partial charge in [-0.3, -0.25) is 14.4 Å². The Morgan fingerprint density at radius 3 is 2.51 bits per heavy atom. The number of rotatable bonds is 7. The van der Waals surface area contributed by atoms with Crippen LogP contribution in [0.2, 0.25) is 0 Å². The Balaban J connectivity index is 0.00000108. The predicted octanol–water partition coefficient (Wildman–Crippen LogP) is 4.27. The standard InChI is InChI=1S/C22H23F2N3O3S2.CH2O2/c1-15-19(30-17-7-9-27(10-8-17)12-16-5-3-2-4-6-16)11-18(23)22(21(15)24)32(28,29)26-20-13-31-14-25-20;2-1-3/h2-6,11,13-14,17,26H,7-10,12H2,1H3;1H,(H,2,3). The van der Waals surface area contributed by atoms with Crippen molar-refractivity contribution in [2.75, 3.05) is 17.8 Å². The molecule has 0 bridgehead atoms. The topological polar surface area (TPSA) is 109 Å². The number of hydrogen-bond donors (Lipinski definition) is 2. The van der Waals surface area contributed by atoms with Gasteiger partial charge in [0.2, 0.25) is 0 Å². The number of halogens is 2. The molecule has 1 aliphatic heterocycles. The molecule has 3 aromatic rings. The van der Waals surface area contributed by atoms with Crippen LogP contribution in [-0.2, 0) is 21.4 Å². The van der Waals surface area contributed by atoms with Gasteiger partial charge in [0.1, 0.15) is 17.7 Å². The first-order valence-corrected chi connectivity index (χ1v) is 13.1. The van der Waals surface area contributed by atoms with Crippen molar-refractivity contribution in [3.8, 4) is 5.75 Å². The molecule has 0 radical (unpaired) electrons.